The largest absolute Gasteiger partial charge is 0.376 e. The van der Waals surface area contributed by atoms with E-state index in [-0.39, 0.29) is 30.2 Å². The Kier molecular flexibility index (Phi) is 7.03. The van der Waals surface area contributed by atoms with E-state index in [1.165, 1.54) is 6.07 Å². The molecule has 8 nitrogen and oxygen atoms in total. The molecule has 1 aliphatic heterocycles. The minimum Gasteiger partial charge on any atom is -0.376 e. The van der Waals surface area contributed by atoms with Gasteiger partial charge in [-0.3, -0.25) is 9.59 Å². The van der Waals surface area contributed by atoms with E-state index < -0.39 is 17.8 Å². The highest BCUT2D eigenvalue weighted by molar-refractivity contribution is 5.89. The van der Waals surface area contributed by atoms with Crippen molar-refractivity contribution in [2.45, 2.75) is 63.3 Å². The second kappa shape index (κ2) is 10.5. The van der Waals surface area contributed by atoms with Gasteiger partial charge in [0, 0.05) is 24.8 Å². The lowest BCUT2D eigenvalue weighted by Crippen LogP contribution is -2.50. The van der Waals surface area contributed by atoms with Crippen LogP contribution in [0, 0.1) is 5.82 Å². The third kappa shape index (κ3) is 5.05. The summed E-state index contributed by atoms with van der Waals surface area (Å²) in [6.07, 6.45) is 5.23. The maximum Gasteiger partial charge on any atom is 0.247 e. The number of amides is 2. The molecule has 2 fully saturated rings. The number of ether oxygens (including phenoxy) is 1. The molecule has 1 saturated heterocycles. The van der Waals surface area contributed by atoms with Crippen LogP contribution in [0.25, 0.3) is 11.0 Å². The second-order valence-electron chi connectivity index (χ2n) is 9.28. The molecule has 5 rings (SSSR count). The summed E-state index contributed by atoms with van der Waals surface area (Å²) in [6, 6.07) is 12.4. The smallest absolute Gasteiger partial charge is 0.247 e. The molecule has 3 aromatic rings. The van der Waals surface area contributed by atoms with E-state index in [9.17, 15) is 9.59 Å². The Balaban J connectivity index is 1.47. The number of hydrogen-bond donors (Lipinski definition) is 1. The molecule has 2 heterocycles. The van der Waals surface area contributed by atoms with Gasteiger partial charge in [-0.2, -0.15) is 0 Å². The highest BCUT2D eigenvalue weighted by atomic mass is 19.1. The van der Waals surface area contributed by atoms with Gasteiger partial charge in [0.25, 0.3) is 0 Å². The van der Waals surface area contributed by atoms with E-state index >= 15 is 4.39 Å². The Bertz CT molecular complexity index is 1190. The van der Waals surface area contributed by atoms with Crippen molar-refractivity contribution in [3.8, 4) is 0 Å². The van der Waals surface area contributed by atoms with Crippen molar-refractivity contribution in [3.63, 3.8) is 0 Å². The zero-order valence-corrected chi connectivity index (χ0v) is 19.6. The van der Waals surface area contributed by atoms with Crippen molar-refractivity contribution in [2.75, 3.05) is 13.2 Å². The third-order valence-corrected chi connectivity index (χ3v) is 6.97. The molecule has 0 spiro atoms. The molecule has 184 valence electrons. The third-order valence-electron chi connectivity index (χ3n) is 6.97. The van der Waals surface area contributed by atoms with E-state index in [0.717, 1.165) is 44.0 Å². The number of aromatic nitrogens is 3. The van der Waals surface area contributed by atoms with Gasteiger partial charge in [-0.25, -0.2) is 9.07 Å². The lowest BCUT2D eigenvalue weighted by molar-refractivity contribution is -0.144. The Morgan fingerprint density at radius 1 is 1.09 bits per heavy atom. The SMILES string of the molecule is O=C(NC[C@H]1CCCO1)[C@@H](c1ccccc1F)N(C(=O)Cn1nnc2ccccc21)C1CCCC1. The minimum absolute atomic E-state index is 0.0580. The van der Waals surface area contributed by atoms with Crippen LogP contribution in [-0.2, 0) is 20.9 Å². The molecule has 2 amide bonds. The average Bonchev–Trinajstić information content (AvgIpc) is 3.64. The average molecular weight is 480 g/mol. The Morgan fingerprint density at radius 3 is 2.63 bits per heavy atom. The fourth-order valence-corrected chi connectivity index (χ4v) is 5.22. The summed E-state index contributed by atoms with van der Waals surface area (Å²) in [4.78, 5) is 29.0. The standard InChI is InChI=1S/C26H30FN5O3/c27-21-12-4-3-11-20(21)25(26(34)28-16-19-10-7-15-35-19)32(18-8-1-2-9-18)24(33)17-31-23-14-6-5-13-22(23)29-30-31/h3-6,11-14,18-19,25H,1-2,7-10,15-17H2,(H,28,34)/t19-,25-/m1/s1. The van der Waals surface area contributed by atoms with Crippen LogP contribution in [0.5, 0.6) is 0 Å². The van der Waals surface area contributed by atoms with Gasteiger partial charge in [0.1, 0.15) is 23.9 Å². The normalized spacial score (nSPS) is 19.2. The van der Waals surface area contributed by atoms with Crippen molar-refractivity contribution in [1.82, 2.24) is 25.2 Å². The molecule has 35 heavy (non-hydrogen) atoms. The number of halogens is 1. The zero-order chi connectivity index (χ0) is 24.2. The molecule has 0 radical (unpaired) electrons. The first-order valence-corrected chi connectivity index (χ1v) is 12.3. The molecular weight excluding hydrogens is 449 g/mol. The van der Waals surface area contributed by atoms with Gasteiger partial charge < -0.3 is 15.0 Å². The summed E-state index contributed by atoms with van der Waals surface area (Å²) in [7, 11) is 0. The van der Waals surface area contributed by atoms with Gasteiger partial charge in [0.05, 0.1) is 11.6 Å². The highest BCUT2D eigenvalue weighted by Gasteiger charge is 2.39. The summed E-state index contributed by atoms with van der Waals surface area (Å²) in [5, 5.41) is 11.2. The van der Waals surface area contributed by atoms with Crippen LogP contribution in [0.3, 0.4) is 0 Å². The lowest BCUT2D eigenvalue weighted by Gasteiger charge is -2.36. The maximum absolute atomic E-state index is 15.1. The molecule has 1 N–H and O–H groups in total. The summed E-state index contributed by atoms with van der Waals surface area (Å²) < 4.78 is 22.3. The minimum atomic E-state index is -1.08. The fourth-order valence-electron chi connectivity index (χ4n) is 5.22. The van der Waals surface area contributed by atoms with Crippen LogP contribution < -0.4 is 5.32 Å². The van der Waals surface area contributed by atoms with Gasteiger partial charge in [-0.05, 0) is 43.9 Å². The molecule has 1 aliphatic carbocycles. The molecule has 2 atom stereocenters. The molecule has 0 unspecified atom stereocenters. The topological polar surface area (TPSA) is 89.4 Å². The quantitative estimate of drug-likeness (QED) is 0.535. The van der Waals surface area contributed by atoms with E-state index in [2.05, 4.69) is 15.6 Å². The number of hydrogen-bond acceptors (Lipinski definition) is 5. The summed E-state index contributed by atoms with van der Waals surface area (Å²) in [5.41, 5.74) is 1.62. The molecule has 1 aromatic heterocycles. The van der Waals surface area contributed by atoms with Crippen LogP contribution >= 0.6 is 0 Å². The van der Waals surface area contributed by atoms with Crippen LogP contribution in [0.15, 0.2) is 48.5 Å². The zero-order valence-electron chi connectivity index (χ0n) is 19.6. The lowest BCUT2D eigenvalue weighted by atomic mass is 10.00. The second-order valence-corrected chi connectivity index (χ2v) is 9.28. The molecule has 2 aromatic carbocycles. The molecule has 9 heteroatoms. The summed E-state index contributed by atoms with van der Waals surface area (Å²) >= 11 is 0. The van der Waals surface area contributed by atoms with Gasteiger partial charge in [-0.1, -0.05) is 48.4 Å². The Labute approximate surface area is 203 Å². The fraction of sp³-hybridized carbons (Fsp3) is 0.462. The van der Waals surface area contributed by atoms with E-state index in [0.29, 0.717) is 18.7 Å². The van der Waals surface area contributed by atoms with E-state index in [1.807, 2.05) is 24.3 Å². The van der Waals surface area contributed by atoms with Crippen LogP contribution in [0.2, 0.25) is 0 Å². The van der Waals surface area contributed by atoms with Gasteiger partial charge >= 0.3 is 0 Å². The predicted octanol–water partition coefficient (Wildman–Crippen LogP) is 3.38. The number of fused-ring (bicyclic) bond motifs is 1. The van der Waals surface area contributed by atoms with Crippen LogP contribution in [-0.4, -0.2) is 57.0 Å². The monoisotopic (exact) mass is 479 g/mol. The Hall–Kier alpha value is -3.33. The van der Waals surface area contributed by atoms with Gasteiger partial charge in [0.15, 0.2) is 0 Å². The number of para-hydroxylation sites is 1. The maximum atomic E-state index is 15.1. The molecule has 1 saturated carbocycles. The number of carbonyl (C=O) groups excluding carboxylic acids is 2. The summed E-state index contributed by atoms with van der Waals surface area (Å²) in [6.45, 7) is 0.932. The van der Waals surface area contributed by atoms with Gasteiger partial charge in [0.2, 0.25) is 11.8 Å². The molecule has 2 aliphatic rings. The van der Waals surface area contributed by atoms with Crippen LogP contribution in [0.4, 0.5) is 4.39 Å². The Morgan fingerprint density at radius 2 is 1.86 bits per heavy atom. The van der Waals surface area contributed by atoms with Gasteiger partial charge in [-0.15, -0.1) is 5.10 Å². The van der Waals surface area contributed by atoms with E-state index in [4.69, 9.17) is 4.74 Å². The molecule has 0 bridgehead atoms. The van der Waals surface area contributed by atoms with Crippen molar-refractivity contribution < 1.29 is 18.7 Å². The van der Waals surface area contributed by atoms with E-state index in [1.54, 1.807) is 27.8 Å². The van der Waals surface area contributed by atoms with Crippen molar-refractivity contribution in [3.05, 3.63) is 59.9 Å². The van der Waals surface area contributed by atoms with Crippen molar-refractivity contribution in [2.24, 2.45) is 0 Å². The number of rotatable bonds is 8. The number of benzene rings is 2. The number of nitrogens with one attached hydrogen (secondary N) is 1. The first-order chi connectivity index (χ1) is 17.1. The highest BCUT2D eigenvalue weighted by Crippen LogP contribution is 2.33. The summed E-state index contributed by atoms with van der Waals surface area (Å²) in [5.74, 6) is -1.19. The van der Waals surface area contributed by atoms with Crippen molar-refractivity contribution >= 4 is 22.8 Å². The number of carbonyl (C=O) groups is 2. The van der Waals surface area contributed by atoms with Crippen molar-refractivity contribution in [1.29, 1.82) is 0 Å². The predicted molar refractivity (Wildman–Crippen MR) is 128 cm³/mol. The molecular formula is C26H30FN5O3. The number of nitrogens with zero attached hydrogens (tertiary/aromatic N) is 4. The first kappa shape index (κ1) is 23.4. The van der Waals surface area contributed by atoms with Crippen LogP contribution in [0.1, 0.15) is 50.1 Å². The first-order valence-electron chi connectivity index (χ1n) is 12.3.